The van der Waals surface area contributed by atoms with Crippen LogP contribution in [-0.2, 0) is 20.7 Å². The number of amides is 2. The predicted molar refractivity (Wildman–Crippen MR) is 145 cm³/mol. The Morgan fingerprint density at radius 1 is 1.05 bits per heavy atom. The number of ether oxygens (including phenoxy) is 2. The van der Waals surface area contributed by atoms with Crippen molar-refractivity contribution in [1.82, 2.24) is 10.2 Å². The highest BCUT2D eigenvalue weighted by molar-refractivity contribution is 5.88. The SMILES string of the molecule is CCCC(=O)C1(C2CCCCC2)CCN(C(=O)C(Cc2ccc(OC)cc2)NC(=O)OCC(C)C)CC1. The molecule has 7 nitrogen and oxygen atoms in total. The minimum Gasteiger partial charge on any atom is -0.497 e. The van der Waals surface area contributed by atoms with Gasteiger partial charge in [0, 0.05) is 31.3 Å². The zero-order valence-corrected chi connectivity index (χ0v) is 23.2. The van der Waals surface area contributed by atoms with Gasteiger partial charge < -0.3 is 19.7 Å². The highest BCUT2D eigenvalue weighted by Crippen LogP contribution is 2.47. The number of piperidine rings is 1. The fraction of sp³-hybridized carbons (Fsp3) is 0.700. The van der Waals surface area contributed by atoms with Crippen LogP contribution in [-0.4, -0.2) is 55.5 Å². The summed E-state index contributed by atoms with van der Waals surface area (Å²) in [5.41, 5.74) is 0.623. The molecule has 1 saturated carbocycles. The number of hydrogen-bond acceptors (Lipinski definition) is 5. The molecule has 1 atom stereocenters. The van der Waals surface area contributed by atoms with E-state index in [1.165, 1.54) is 19.3 Å². The summed E-state index contributed by atoms with van der Waals surface area (Å²) in [6.45, 7) is 7.40. The van der Waals surface area contributed by atoms with Gasteiger partial charge in [0.05, 0.1) is 13.7 Å². The lowest BCUT2D eigenvalue weighted by Crippen LogP contribution is -2.55. The molecule has 0 bridgehead atoms. The number of nitrogens with one attached hydrogen (secondary N) is 1. The standard InChI is InChI=1S/C30H46N2O5/c1-5-9-27(33)30(24-10-7-6-8-11-24)16-18-32(19-17-30)28(34)26(31-29(35)37-21-22(2)3)20-23-12-14-25(36-4)15-13-23/h12-15,22,24,26H,5-11,16-21H2,1-4H3,(H,31,35). The van der Waals surface area contributed by atoms with E-state index in [9.17, 15) is 14.4 Å². The Morgan fingerprint density at radius 3 is 2.27 bits per heavy atom. The minimum absolute atomic E-state index is 0.113. The molecule has 206 valence electrons. The molecule has 1 saturated heterocycles. The first-order chi connectivity index (χ1) is 17.8. The number of methoxy groups -OCH3 is 1. The fourth-order valence-corrected chi connectivity index (χ4v) is 6.02. The summed E-state index contributed by atoms with van der Waals surface area (Å²) in [5.74, 6) is 1.65. The van der Waals surface area contributed by atoms with Crippen molar-refractivity contribution in [3.05, 3.63) is 29.8 Å². The Morgan fingerprint density at radius 2 is 1.70 bits per heavy atom. The number of rotatable bonds is 11. The summed E-state index contributed by atoms with van der Waals surface area (Å²) in [6.07, 6.45) is 8.58. The third-order valence-corrected chi connectivity index (χ3v) is 8.12. The Kier molecular flexibility index (Phi) is 10.8. The van der Waals surface area contributed by atoms with Crippen molar-refractivity contribution in [2.75, 3.05) is 26.8 Å². The second-order valence-corrected chi connectivity index (χ2v) is 11.2. The first kappa shape index (κ1) is 29.0. The summed E-state index contributed by atoms with van der Waals surface area (Å²) < 4.78 is 10.6. The summed E-state index contributed by atoms with van der Waals surface area (Å²) >= 11 is 0. The smallest absolute Gasteiger partial charge is 0.407 e. The molecule has 37 heavy (non-hydrogen) atoms. The molecule has 1 heterocycles. The van der Waals surface area contributed by atoms with Gasteiger partial charge in [-0.3, -0.25) is 9.59 Å². The van der Waals surface area contributed by atoms with Crippen molar-refractivity contribution in [1.29, 1.82) is 0 Å². The molecule has 1 N–H and O–H groups in total. The van der Waals surface area contributed by atoms with Crippen LogP contribution in [0, 0.1) is 17.3 Å². The third kappa shape index (κ3) is 7.71. The molecule has 0 aromatic heterocycles. The molecule has 2 aliphatic rings. The van der Waals surface area contributed by atoms with Crippen LogP contribution in [0.4, 0.5) is 4.79 Å². The van der Waals surface area contributed by atoms with Gasteiger partial charge in [-0.1, -0.05) is 52.2 Å². The van der Waals surface area contributed by atoms with E-state index in [0.29, 0.717) is 44.2 Å². The lowest BCUT2D eigenvalue weighted by Gasteiger charge is -2.47. The molecule has 2 amide bonds. The highest BCUT2D eigenvalue weighted by atomic mass is 16.5. The fourth-order valence-electron chi connectivity index (χ4n) is 6.02. The summed E-state index contributed by atoms with van der Waals surface area (Å²) in [5, 5.41) is 2.82. The number of hydrogen-bond donors (Lipinski definition) is 1. The molecule has 0 radical (unpaired) electrons. The third-order valence-electron chi connectivity index (χ3n) is 8.12. The van der Waals surface area contributed by atoms with Crippen LogP contribution in [0.1, 0.15) is 84.1 Å². The molecule has 1 aliphatic carbocycles. The van der Waals surface area contributed by atoms with E-state index < -0.39 is 12.1 Å². The molecular weight excluding hydrogens is 468 g/mol. The zero-order valence-electron chi connectivity index (χ0n) is 23.2. The van der Waals surface area contributed by atoms with Gasteiger partial charge in [0.25, 0.3) is 0 Å². The summed E-state index contributed by atoms with van der Waals surface area (Å²) in [4.78, 5) is 41.5. The van der Waals surface area contributed by atoms with Crippen LogP contribution in [0.15, 0.2) is 24.3 Å². The number of benzene rings is 1. The topological polar surface area (TPSA) is 84.9 Å². The molecule has 3 rings (SSSR count). The van der Waals surface area contributed by atoms with Gasteiger partial charge in [-0.2, -0.15) is 0 Å². The van der Waals surface area contributed by atoms with Gasteiger partial charge in [0.2, 0.25) is 5.91 Å². The lowest BCUT2D eigenvalue weighted by molar-refractivity contribution is -0.144. The zero-order chi connectivity index (χ0) is 26.8. The van der Waals surface area contributed by atoms with Gasteiger partial charge in [-0.05, 0) is 61.6 Å². The maximum absolute atomic E-state index is 13.7. The van der Waals surface area contributed by atoms with Gasteiger partial charge in [-0.15, -0.1) is 0 Å². The quantitative estimate of drug-likeness (QED) is 0.419. The maximum Gasteiger partial charge on any atom is 0.407 e. The predicted octanol–water partition coefficient (Wildman–Crippen LogP) is 5.55. The highest BCUT2D eigenvalue weighted by Gasteiger charge is 2.47. The van der Waals surface area contributed by atoms with Crippen LogP contribution in [0.5, 0.6) is 5.75 Å². The number of carbonyl (C=O) groups is 3. The van der Waals surface area contributed by atoms with Gasteiger partial charge in [0.15, 0.2) is 0 Å². The van der Waals surface area contributed by atoms with E-state index in [-0.39, 0.29) is 17.2 Å². The van der Waals surface area contributed by atoms with Crippen LogP contribution in [0.25, 0.3) is 0 Å². The average Bonchev–Trinajstić information content (AvgIpc) is 2.92. The molecule has 0 spiro atoms. The minimum atomic E-state index is -0.735. The van der Waals surface area contributed by atoms with Gasteiger partial charge in [0.1, 0.15) is 17.6 Å². The number of likely N-dealkylation sites (tertiary alicyclic amines) is 1. The Bertz CT molecular complexity index is 884. The number of nitrogens with zero attached hydrogens (tertiary/aromatic N) is 1. The Hall–Kier alpha value is -2.57. The molecule has 2 fully saturated rings. The van der Waals surface area contributed by atoms with E-state index >= 15 is 0 Å². The molecular formula is C30H46N2O5. The first-order valence-corrected chi connectivity index (χ1v) is 14.2. The van der Waals surface area contributed by atoms with Crippen molar-refractivity contribution in [3.63, 3.8) is 0 Å². The van der Waals surface area contributed by atoms with Crippen LogP contribution >= 0.6 is 0 Å². The first-order valence-electron chi connectivity index (χ1n) is 14.2. The molecule has 1 aromatic carbocycles. The van der Waals surface area contributed by atoms with E-state index in [1.807, 2.05) is 43.0 Å². The summed E-state index contributed by atoms with van der Waals surface area (Å²) in [6, 6.07) is 6.79. The van der Waals surface area contributed by atoms with Crippen molar-refractivity contribution < 1.29 is 23.9 Å². The largest absolute Gasteiger partial charge is 0.497 e. The van der Waals surface area contributed by atoms with E-state index in [1.54, 1.807) is 7.11 Å². The van der Waals surface area contributed by atoms with Crippen molar-refractivity contribution in [3.8, 4) is 5.75 Å². The van der Waals surface area contributed by atoms with Crippen LogP contribution in [0.2, 0.25) is 0 Å². The maximum atomic E-state index is 13.7. The van der Waals surface area contributed by atoms with Gasteiger partial charge >= 0.3 is 6.09 Å². The summed E-state index contributed by atoms with van der Waals surface area (Å²) in [7, 11) is 1.61. The van der Waals surface area contributed by atoms with Crippen molar-refractivity contribution >= 4 is 17.8 Å². The number of ketones is 1. The second-order valence-electron chi connectivity index (χ2n) is 11.2. The van der Waals surface area contributed by atoms with Crippen LogP contribution < -0.4 is 10.1 Å². The molecule has 1 aliphatic heterocycles. The average molecular weight is 515 g/mol. The molecule has 7 heteroatoms. The Balaban J connectivity index is 1.73. The number of Topliss-reactive ketones (excluding diaryl/α,β-unsaturated/α-hetero) is 1. The van der Waals surface area contributed by atoms with Gasteiger partial charge in [-0.25, -0.2) is 4.79 Å². The number of carbonyl (C=O) groups excluding carboxylic acids is 3. The lowest BCUT2D eigenvalue weighted by atomic mass is 9.61. The van der Waals surface area contributed by atoms with Crippen LogP contribution in [0.3, 0.4) is 0 Å². The monoisotopic (exact) mass is 514 g/mol. The molecule has 1 aromatic rings. The van der Waals surface area contributed by atoms with Crippen molar-refractivity contribution in [2.45, 2.75) is 91.0 Å². The van der Waals surface area contributed by atoms with E-state index in [2.05, 4.69) is 12.2 Å². The normalized spacial score (nSPS) is 18.8. The molecule has 1 unspecified atom stereocenters. The van der Waals surface area contributed by atoms with Crippen molar-refractivity contribution in [2.24, 2.45) is 17.3 Å². The van der Waals surface area contributed by atoms with E-state index in [0.717, 1.165) is 43.4 Å². The number of alkyl carbamates (subject to hydrolysis) is 1. The van der Waals surface area contributed by atoms with E-state index in [4.69, 9.17) is 9.47 Å². The second kappa shape index (κ2) is 13.8. The Labute approximate surface area is 222 Å².